The fraction of sp³-hybridized carbons (Fsp3) is 0.167. The van der Waals surface area contributed by atoms with Crippen LogP contribution in [0.2, 0.25) is 0 Å². The average molecular weight is 336 g/mol. The normalized spacial score (nSPS) is 10.3. The lowest BCUT2D eigenvalue weighted by Crippen LogP contribution is -2.25. The van der Waals surface area contributed by atoms with Crippen molar-refractivity contribution < 1.29 is 4.79 Å². The Hall–Kier alpha value is -2.91. The summed E-state index contributed by atoms with van der Waals surface area (Å²) in [4.78, 5) is 16.0. The number of aryl methyl sites for hydroxylation is 1. The van der Waals surface area contributed by atoms with E-state index in [1.54, 1.807) is 10.1 Å². The highest BCUT2D eigenvalue weighted by Crippen LogP contribution is 2.17. The largest absolute Gasteiger partial charge is 0.350 e. The van der Waals surface area contributed by atoms with Crippen LogP contribution in [0.5, 0.6) is 0 Å². The van der Waals surface area contributed by atoms with Crippen LogP contribution in [0.3, 0.4) is 0 Å². The predicted molar refractivity (Wildman–Crippen MR) is 94.7 cm³/mol. The number of hydrogen-bond donors (Lipinski definition) is 1. The van der Waals surface area contributed by atoms with Crippen molar-refractivity contribution >= 4 is 17.2 Å². The van der Waals surface area contributed by atoms with Crippen molar-refractivity contribution in [2.24, 2.45) is 7.05 Å². The number of rotatable bonds is 5. The summed E-state index contributed by atoms with van der Waals surface area (Å²) in [5, 5.41) is 9.43. The molecule has 2 aromatic heterocycles. The highest BCUT2D eigenvalue weighted by Gasteiger charge is 2.09. The van der Waals surface area contributed by atoms with E-state index in [-0.39, 0.29) is 5.91 Å². The molecule has 0 aliphatic carbocycles. The van der Waals surface area contributed by atoms with Crippen molar-refractivity contribution in [1.29, 1.82) is 0 Å². The van der Waals surface area contributed by atoms with Gasteiger partial charge in [-0.3, -0.25) is 9.48 Å². The number of carbonyl (C=O) groups excluding carboxylic acids is 1. The van der Waals surface area contributed by atoms with Crippen molar-refractivity contribution in [3.63, 3.8) is 0 Å². The Bertz CT molecular complexity index is 886. The highest BCUT2D eigenvalue weighted by molar-refractivity contribution is 7.10. The molecule has 0 spiro atoms. The van der Waals surface area contributed by atoms with Gasteiger partial charge in [-0.1, -0.05) is 24.3 Å². The molecule has 24 heavy (non-hydrogen) atoms. The molecule has 0 bridgehead atoms. The Morgan fingerprint density at radius 2 is 2.12 bits per heavy atom. The number of amides is 1. The van der Waals surface area contributed by atoms with E-state index in [1.807, 2.05) is 31.4 Å². The van der Waals surface area contributed by atoms with Gasteiger partial charge in [-0.05, 0) is 24.0 Å². The molecule has 0 saturated heterocycles. The molecular formula is C18H16N4OS. The first-order valence-corrected chi connectivity index (χ1v) is 8.33. The molecule has 3 aromatic rings. The number of thiazole rings is 1. The summed E-state index contributed by atoms with van der Waals surface area (Å²) in [6, 6.07) is 10.2. The summed E-state index contributed by atoms with van der Waals surface area (Å²) >= 11 is 1.29. The zero-order valence-corrected chi connectivity index (χ0v) is 14.0. The molecule has 3 rings (SSSR count). The van der Waals surface area contributed by atoms with E-state index in [1.165, 1.54) is 11.3 Å². The van der Waals surface area contributed by atoms with Crippen molar-refractivity contribution in [3.05, 3.63) is 58.2 Å². The minimum Gasteiger partial charge on any atom is -0.350 e. The number of hydrogen-bond acceptors (Lipinski definition) is 4. The first kappa shape index (κ1) is 16.0. The Morgan fingerprint density at radius 3 is 2.75 bits per heavy atom. The van der Waals surface area contributed by atoms with Crippen LogP contribution in [-0.2, 0) is 13.5 Å². The van der Waals surface area contributed by atoms with Crippen molar-refractivity contribution in [2.75, 3.05) is 6.54 Å². The first-order chi connectivity index (χ1) is 11.7. The van der Waals surface area contributed by atoms with Crippen molar-refractivity contribution in [3.8, 4) is 23.6 Å². The van der Waals surface area contributed by atoms with Gasteiger partial charge in [0.25, 0.3) is 5.91 Å². The molecule has 120 valence electrons. The Labute approximate surface area is 144 Å². The third-order valence-electron chi connectivity index (χ3n) is 3.52. The lowest BCUT2D eigenvalue weighted by atomic mass is 10.1. The highest BCUT2D eigenvalue weighted by atomic mass is 32.1. The van der Waals surface area contributed by atoms with Gasteiger partial charge in [-0.2, -0.15) is 5.10 Å². The van der Waals surface area contributed by atoms with Crippen LogP contribution in [-0.4, -0.2) is 27.2 Å². The number of terminal acetylenes is 1. The van der Waals surface area contributed by atoms with Gasteiger partial charge in [-0.15, -0.1) is 17.8 Å². The van der Waals surface area contributed by atoms with Gasteiger partial charge < -0.3 is 5.32 Å². The van der Waals surface area contributed by atoms with Gasteiger partial charge in [-0.25, -0.2) is 4.98 Å². The van der Waals surface area contributed by atoms with E-state index in [0.29, 0.717) is 17.2 Å². The summed E-state index contributed by atoms with van der Waals surface area (Å²) in [5.41, 5.74) is 3.55. The molecule has 5 nitrogen and oxygen atoms in total. The maximum Gasteiger partial charge on any atom is 0.270 e. The molecule has 0 atom stereocenters. The molecular weight excluding hydrogens is 320 g/mol. The smallest absolute Gasteiger partial charge is 0.270 e. The SMILES string of the molecule is C#Cc1nc(C(=O)NCCc2ccc(-c3ccn(C)n3)cc2)cs1. The second-order valence-corrected chi connectivity index (χ2v) is 6.12. The van der Waals surface area contributed by atoms with E-state index < -0.39 is 0 Å². The Balaban J connectivity index is 1.53. The number of nitrogens with one attached hydrogen (secondary N) is 1. The van der Waals surface area contributed by atoms with E-state index in [2.05, 4.69) is 33.5 Å². The number of benzene rings is 1. The van der Waals surface area contributed by atoms with E-state index in [0.717, 1.165) is 23.2 Å². The standard InChI is InChI=1S/C18H16N4OS/c1-3-17-20-16(12-24-17)18(23)19-10-8-13-4-6-14(7-5-13)15-9-11-22(2)21-15/h1,4-7,9,11-12H,8,10H2,2H3,(H,19,23). The van der Waals surface area contributed by atoms with Crippen LogP contribution >= 0.6 is 11.3 Å². The molecule has 0 aliphatic rings. The van der Waals surface area contributed by atoms with Gasteiger partial charge in [0.15, 0.2) is 5.01 Å². The molecule has 0 saturated carbocycles. The maximum atomic E-state index is 12.0. The third kappa shape index (κ3) is 3.70. The Kier molecular flexibility index (Phi) is 4.73. The number of aromatic nitrogens is 3. The monoisotopic (exact) mass is 336 g/mol. The average Bonchev–Trinajstić information content (AvgIpc) is 3.24. The van der Waals surface area contributed by atoms with Crippen LogP contribution in [0, 0.1) is 12.3 Å². The van der Waals surface area contributed by atoms with E-state index in [9.17, 15) is 4.79 Å². The summed E-state index contributed by atoms with van der Waals surface area (Å²) in [6.07, 6.45) is 7.93. The summed E-state index contributed by atoms with van der Waals surface area (Å²) in [6.45, 7) is 0.546. The lowest BCUT2D eigenvalue weighted by Gasteiger charge is -2.04. The second kappa shape index (κ2) is 7.11. The molecule has 1 amide bonds. The minimum atomic E-state index is -0.196. The number of carbonyl (C=O) groups is 1. The summed E-state index contributed by atoms with van der Waals surface area (Å²) in [5.74, 6) is 2.23. The second-order valence-electron chi connectivity index (χ2n) is 5.26. The van der Waals surface area contributed by atoms with Crippen LogP contribution in [0.15, 0.2) is 41.9 Å². The Morgan fingerprint density at radius 1 is 1.33 bits per heavy atom. The molecule has 0 fully saturated rings. The van der Waals surface area contributed by atoms with Gasteiger partial charge >= 0.3 is 0 Å². The van der Waals surface area contributed by atoms with Crippen LogP contribution in [0.4, 0.5) is 0 Å². The fourth-order valence-corrected chi connectivity index (χ4v) is 2.87. The maximum absolute atomic E-state index is 12.0. The quantitative estimate of drug-likeness (QED) is 0.728. The zero-order valence-electron chi connectivity index (χ0n) is 13.2. The van der Waals surface area contributed by atoms with E-state index in [4.69, 9.17) is 6.42 Å². The van der Waals surface area contributed by atoms with Crippen LogP contribution in [0.1, 0.15) is 21.1 Å². The van der Waals surface area contributed by atoms with Crippen molar-refractivity contribution in [2.45, 2.75) is 6.42 Å². The van der Waals surface area contributed by atoms with Gasteiger partial charge in [0.2, 0.25) is 0 Å². The van der Waals surface area contributed by atoms with Crippen LogP contribution < -0.4 is 5.32 Å². The molecule has 2 heterocycles. The molecule has 0 radical (unpaired) electrons. The van der Waals surface area contributed by atoms with E-state index >= 15 is 0 Å². The third-order valence-corrected chi connectivity index (χ3v) is 4.30. The van der Waals surface area contributed by atoms with Crippen LogP contribution in [0.25, 0.3) is 11.3 Å². The van der Waals surface area contributed by atoms with Gasteiger partial charge in [0, 0.05) is 30.7 Å². The summed E-state index contributed by atoms with van der Waals surface area (Å²) in [7, 11) is 1.90. The van der Waals surface area contributed by atoms with Gasteiger partial charge in [0.1, 0.15) is 5.69 Å². The molecule has 0 unspecified atom stereocenters. The molecule has 1 N–H and O–H groups in total. The number of nitrogens with zero attached hydrogens (tertiary/aromatic N) is 3. The molecule has 6 heteroatoms. The first-order valence-electron chi connectivity index (χ1n) is 7.45. The molecule has 1 aromatic carbocycles. The molecule has 0 aliphatic heterocycles. The summed E-state index contributed by atoms with van der Waals surface area (Å²) < 4.78 is 1.78. The zero-order chi connectivity index (χ0) is 16.9. The minimum absolute atomic E-state index is 0.196. The van der Waals surface area contributed by atoms with Gasteiger partial charge in [0.05, 0.1) is 5.69 Å². The lowest BCUT2D eigenvalue weighted by molar-refractivity contribution is 0.0950. The predicted octanol–water partition coefficient (Wildman–Crippen LogP) is 2.50. The fourth-order valence-electron chi connectivity index (χ4n) is 2.27. The topological polar surface area (TPSA) is 59.8 Å². The van der Waals surface area contributed by atoms with Crippen molar-refractivity contribution in [1.82, 2.24) is 20.1 Å².